The summed E-state index contributed by atoms with van der Waals surface area (Å²) in [5, 5.41) is 10.1. The van der Waals surface area contributed by atoms with E-state index in [-0.39, 0.29) is 11.9 Å². The van der Waals surface area contributed by atoms with Crippen molar-refractivity contribution in [3.63, 3.8) is 0 Å². The minimum Gasteiger partial charge on any atom is -0.383 e. The Morgan fingerprint density at radius 1 is 1.21 bits per heavy atom. The number of hydrogen-bond donors (Lipinski definition) is 3. The fraction of sp³-hybridized carbons (Fsp3) is 0.100. The van der Waals surface area contributed by atoms with Crippen LogP contribution >= 0.6 is 0 Å². The number of pyridine rings is 1. The predicted octanol–water partition coefficient (Wildman–Crippen LogP) is 3.62. The molecule has 6 nitrogen and oxygen atoms in total. The van der Waals surface area contributed by atoms with Crippen LogP contribution in [0.15, 0.2) is 71.0 Å². The van der Waals surface area contributed by atoms with Gasteiger partial charge in [-0.2, -0.15) is 0 Å². The zero-order valence-corrected chi connectivity index (χ0v) is 14.7. The molecule has 3 heterocycles. The molecule has 1 atom stereocenters. The molecule has 4 rings (SSSR count). The van der Waals surface area contributed by atoms with Crippen LogP contribution in [-0.2, 0) is 6.42 Å². The van der Waals surface area contributed by atoms with Gasteiger partial charge < -0.3 is 20.9 Å². The van der Waals surface area contributed by atoms with Crippen molar-refractivity contribution >= 4 is 11.5 Å². The Kier molecular flexibility index (Phi) is 4.76. The molecular weight excluding hydrogens is 364 g/mol. The smallest absolute Gasteiger partial charge is 0.181 e. The number of allylic oxidation sites excluding steroid dienone is 2. The highest BCUT2D eigenvalue weighted by Crippen LogP contribution is 2.25. The summed E-state index contributed by atoms with van der Waals surface area (Å²) in [6, 6.07) is 9.41. The summed E-state index contributed by atoms with van der Waals surface area (Å²) >= 11 is 0. The zero-order chi connectivity index (χ0) is 19.5. The highest BCUT2D eigenvalue weighted by molar-refractivity contribution is 5.69. The van der Waals surface area contributed by atoms with Crippen molar-refractivity contribution in [2.24, 2.45) is 0 Å². The lowest BCUT2D eigenvalue weighted by Gasteiger charge is -2.21. The molecular formula is C20H17F2N5O. The third kappa shape index (κ3) is 3.71. The number of hydrogen-bond acceptors (Lipinski definition) is 6. The second kappa shape index (κ2) is 7.51. The van der Waals surface area contributed by atoms with Crippen molar-refractivity contribution in [2.45, 2.75) is 12.6 Å². The van der Waals surface area contributed by atoms with Gasteiger partial charge in [-0.25, -0.2) is 13.8 Å². The third-order valence-electron chi connectivity index (χ3n) is 4.26. The Balaban J connectivity index is 1.39. The molecule has 0 saturated carbocycles. The van der Waals surface area contributed by atoms with Crippen molar-refractivity contribution in [3.05, 3.63) is 83.8 Å². The topological polar surface area (TPSA) is 89.0 Å². The van der Waals surface area contributed by atoms with Gasteiger partial charge in [-0.3, -0.25) is 0 Å². The Bertz CT molecular complexity index is 1060. The van der Waals surface area contributed by atoms with Gasteiger partial charge in [-0.05, 0) is 35.9 Å². The number of nitrogens with zero attached hydrogens (tertiary/aromatic N) is 2. The number of halogens is 2. The molecule has 0 bridgehead atoms. The van der Waals surface area contributed by atoms with Crippen LogP contribution in [0.2, 0.25) is 0 Å². The van der Waals surface area contributed by atoms with Gasteiger partial charge >= 0.3 is 0 Å². The molecule has 1 unspecified atom stereocenters. The fourth-order valence-corrected chi connectivity index (χ4v) is 2.86. The number of benzene rings is 1. The standard InChI is InChI=1S/C20H17F2N5O/c21-15-4-1-5-16(19(15)22)26-18-7-6-12(11-25-18)9-13-10-17(28-27-13)14-3-2-8-24-20(14)23/h1-8,10-11,18,25-26H,9H2,(H2,23,24). The lowest BCUT2D eigenvalue weighted by atomic mass is 10.1. The first-order valence-electron chi connectivity index (χ1n) is 8.60. The van der Waals surface area contributed by atoms with Crippen LogP contribution in [0, 0.1) is 11.6 Å². The first-order chi connectivity index (χ1) is 13.6. The average molecular weight is 381 g/mol. The molecule has 2 aromatic heterocycles. The average Bonchev–Trinajstić information content (AvgIpc) is 3.15. The van der Waals surface area contributed by atoms with E-state index >= 15 is 0 Å². The van der Waals surface area contributed by atoms with E-state index in [1.807, 2.05) is 24.3 Å². The zero-order valence-electron chi connectivity index (χ0n) is 14.7. The molecule has 0 saturated heterocycles. The maximum atomic E-state index is 13.8. The second-order valence-corrected chi connectivity index (χ2v) is 6.26. The summed E-state index contributed by atoms with van der Waals surface area (Å²) in [4.78, 5) is 4.04. The quantitative estimate of drug-likeness (QED) is 0.626. The first-order valence-corrected chi connectivity index (χ1v) is 8.60. The molecule has 0 fully saturated rings. The lowest BCUT2D eigenvalue weighted by Crippen LogP contribution is -2.33. The van der Waals surface area contributed by atoms with Gasteiger partial charge in [0.25, 0.3) is 0 Å². The Morgan fingerprint density at radius 3 is 2.89 bits per heavy atom. The number of anilines is 2. The van der Waals surface area contributed by atoms with E-state index in [2.05, 4.69) is 20.8 Å². The molecule has 0 spiro atoms. The molecule has 3 aromatic rings. The monoisotopic (exact) mass is 381 g/mol. The van der Waals surface area contributed by atoms with E-state index in [0.717, 1.165) is 17.3 Å². The first kappa shape index (κ1) is 17.7. The molecule has 1 aliphatic heterocycles. The van der Waals surface area contributed by atoms with Crippen molar-refractivity contribution in [1.82, 2.24) is 15.5 Å². The van der Waals surface area contributed by atoms with Crippen LogP contribution in [0.1, 0.15) is 5.69 Å². The van der Waals surface area contributed by atoms with E-state index in [1.54, 1.807) is 18.5 Å². The van der Waals surface area contributed by atoms with Crippen LogP contribution < -0.4 is 16.4 Å². The molecule has 8 heteroatoms. The highest BCUT2D eigenvalue weighted by atomic mass is 19.2. The molecule has 1 aromatic carbocycles. The maximum Gasteiger partial charge on any atom is 0.181 e. The van der Waals surface area contributed by atoms with Gasteiger partial charge in [0, 0.05) is 24.9 Å². The van der Waals surface area contributed by atoms with Gasteiger partial charge in [-0.15, -0.1) is 0 Å². The number of rotatable bonds is 5. The summed E-state index contributed by atoms with van der Waals surface area (Å²) in [6.07, 6.45) is 7.29. The summed E-state index contributed by atoms with van der Waals surface area (Å²) in [6.45, 7) is 0. The van der Waals surface area contributed by atoms with E-state index in [4.69, 9.17) is 10.3 Å². The third-order valence-corrected chi connectivity index (χ3v) is 4.26. The molecule has 0 aliphatic carbocycles. The highest BCUT2D eigenvalue weighted by Gasteiger charge is 2.15. The van der Waals surface area contributed by atoms with Crippen LogP contribution in [0.5, 0.6) is 0 Å². The van der Waals surface area contributed by atoms with Crippen molar-refractivity contribution in [3.8, 4) is 11.3 Å². The second-order valence-electron chi connectivity index (χ2n) is 6.26. The van der Waals surface area contributed by atoms with Crippen molar-refractivity contribution in [1.29, 1.82) is 0 Å². The Hall–Kier alpha value is -3.68. The molecule has 142 valence electrons. The number of nitrogens with one attached hydrogen (secondary N) is 2. The van der Waals surface area contributed by atoms with Gasteiger partial charge in [0.1, 0.15) is 12.0 Å². The van der Waals surface area contributed by atoms with Gasteiger partial charge in [-0.1, -0.05) is 17.3 Å². The van der Waals surface area contributed by atoms with Gasteiger partial charge in [0.2, 0.25) is 0 Å². The van der Waals surface area contributed by atoms with Crippen LogP contribution in [0.4, 0.5) is 20.3 Å². The Labute approximate surface area is 159 Å². The summed E-state index contributed by atoms with van der Waals surface area (Å²) in [5.74, 6) is -0.869. The molecule has 28 heavy (non-hydrogen) atoms. The molecule has 0 radical (unpaired) electrons. The predicted molar refractivity (Wildman–Crippen MR) is 102 cm³/mol. The lowest BCUT2D eigenvalue weighted by molar-refractivity contribution is 0.425. The van der Waals surface area contributed by atoms with E-state index < -0.39 is 11.6 Å². The summed E-state index contributed by atoms with van der Waals surface area (Å²) in [7, 11) is 0. The van der Waals surface area contributed by atoms with Crippen LogP contribution in [0.25, 0.3) is 11.3 Å². The summed E-state index contributed by atoms with van der Waals surface area (Å²) in [5.41, 5.74) is 8.33. The fourth-order valence-electron chi connectivity index (χ4n) is 2.86. The van der Waals surface area contributed by atoms with E-state index in [9.17, 15) is 8.78 Å². The SMILES string of the molecule is Nc1ncccc1-c1cc(CC2=CNC(Nc3cccc(F)c3F)C=C2)no1. The summed E-state index contributed by atoms with van der Waals surface area (Å²) < 4.78 is 32.4. The molecule has 0 amide bonds. The molecule has 1 aliphatic rings. The van der Waals surface area contributed by atoms with E-state index in [1.165, 1.54) is 12.1 Å². The van der Waals surface area contributed by atoms with Crippen LogP contribution in [0.3, 0.4) is 0 Å². The van der Waals surface area contributed by atoms with Crippen molar-refractivity contribution < 1.29 is 13.3 Å². The number of nitrogen functional groups attached to an aromatic ring is 1. The van der Waals surface area contributed by atoms with Crippen molar-refractivity contribution in [2.75, 3.05) is 11.1 Å². The normalized spacial score (nSPS) is 15.8. The Morgan fingerprint density at radius 2 is 2.11 bits per heavy atom. The minimum atomic E-state index is -0.905. The maximum absolute atomic E-state index is 13.8. The van der Waals surface area contributed by atoms with Crippen LogP contribution in [-0.4, -0.2) is 16.3 Å². The number of dihydropyridines is 1. The number of nitrogens with two attached hydrogens (primary N) is 1. The largest absolute Gasteiger partial charge is 0.383 e. The molecule has 4 N–H and O–H groups in total. The van der Waals surface area contributed by atoms with Gasteiger partial charge in [0.15, 0.2) is 17.4 Å². The number of aromatic nitrogens is 2. The minimum absolute atomic E-state index is 0.0919. The van der Waals surface area contributed by atoms with Gasteiger partial charge in [0.05, 0.1) is 16.9 Å². The van der Waals surface area contributed by atoms with E-state index in [0.29, 0.717) is 23.6 Å².